The number of likely N-dealkylation sites (tertiary alicyclic amines) is 1. The number of carboxylic acids is 1. The average molecular weight is 598 g/mol. The summed E-state index contributed by atoms with van der Waals surface area (Å²) in [5.41, 5.74) is 5.19. The van der Waals surface area contributed by atoms with E-state index in [2.05, 4.69) is 0 Å². The van der Waals surface area contributed by atoms with Gasteiger partial charge >= 0.3 is 5.97 Å². The minimum atomic E-state index is -2.92. The maximum Gasteiger partial charge on any atom is 0.310 e. The molecule has 41 heavy (non-hydrogen) atoms. The van der Waals surface area contributed by atoms with Crippen molar-refractivity contribution in [3.63, 3.8) is 0 Å². The summed E-state index contributed by atoms with van der Waals surface area (Å²) in [5, 5.41) is 11.3. The summed E-state index contributed by atoms with van der Waals surface area (Å²) in [7, 11) is 1.25. The van der Waals surface area contributed by atoms with E-state index in [1.165, 1.54) is 7.05 Å². The molecule has 1 aliphatic carbocycles. The first-order valence-corrected chi connectivity index (χ1v) is 14.3. The van der Waals surface area contributed by atoms with Crippen molar-refractivity contribution < 1.29 is 33.0 Å². The van der Waals surface area contributed by atoms with Crippen LogP contribution in [-0.2, 0) is 20.8 Å². The molecule has 2 fully saturated rings. The summed E-state index contributed by atoms with van der Waals surface area (Å²) in [5.74, 6) is 3.78. The van der Waals surface area contributed by atoms with Gasteiger partial charge in [-0.3, -0.25) is 14.4 Å². The lowest BCUT2D eigenvalue weighted by atomic mass is 9.66. The van der Waals surface area contributed by atoms with Crippen molar-refractivity contribution in [1.82, 2.24) is 14.8 Å². The molecule has 0 bridgehead atoms. The number of alkyl halides is 2. The quantitative estimate of drug-likeness (QED) is 0.291. The highest BCUT2D eigenvalue weighted by molar-refractivity contribution is 6.31. The van der Waals surface area contributed by atoms with E-state index in [0.717, 1.165) is 23.4 Å². The molecule has 1 aromatic rings. The van der Waals surface area contributed by atoms with E-state index >= 15 is 0 Å². The third-order valence-electron chi connectivity index (χ3n) is 8.71. The molecule has 2 aliphatic heterocycles. The van der Waals surface area contributed by atoms with E-state index in [0.29, 0.717) is 55.0 Å². The van der Waals surface area contributed by atoms with E-state index in [4.69, 9.17) is 27.9 Å². The Hall–Kier alpha value is -3.12. The number of benzene rings is 1. The molecule has 1 saturated carbocycles. The van der Waals surface area contributed by atoms with Gasteiger partial charge in [-0.25, -0.2) is 14.6 Å². The fourth-order valence-corrected chi connectivity index (χ4v) is 6.66. The van der Waals surface area contributed by atoms with Crippen LogP contribution < -0.4 is 16.3 Å². The summed E-state index contributed by atoms with van der Waals surface area (Å²) in [6.45, 7) is 2.20. The van der Waals surface area contributed by atoms with Crippen LogP contribution >= 0.6 is 11.6 Å². The van der Waals surface area contributed by atoms with Crippen LogP contribution in [0.5, 0.6) is 5.75 Å². The van der Waals surface area contributed by atoms with E-state index in [1.807, 2.05) is 0 Å². The molecule has 3 atom stereocenters. The average Bonchev–Trinajstić information content (AvgIpc) is 3.32. The Bertz CT molecular complexity index is 1220. The number of amides is 2. The number of nitrogens with zero attached hydrogens (tertiary/aromatic N) is 3. The van der Waals surface area contributed by atoms with Crippen molar-refractivity contribution in [3.8, 4) is 5.75 Å². The van der Waals surface area contributed by atoms with Crippen LogP contribution in [0.2, 0.25) is 5.02 Å². The SMILES string of the molecule is CN(N)/C(=C(\N)COc1ccc(Cl)c2c1C(CN1CCCC1=O)N(C(=O)C1CCCC[C@]1(C)C(=O)O)CC2)C(F)F. The van der Waals surface area contributed by atoms with Crippen LogP contribution in [0.1, 0.15) is 62.6 Å². The molecule has 0 spiro atoms. The number of nitrogens with two attached hydrogens (primary N) is 2. The Kier molecular flexibility index (Phi) is 9.32. The van der Waals surface area contributed by atoms with Gasteiger partial charge in [0.1, 0.15) is 18.1 Å². The monoisotopic (exact) mass is 597 g/mol. The van der Waals surface area contributed by atoms with Gasteiger partial charge in [0.15, 0.2) is 0 Å². The predicted octanol–water partition coefficient (Wildman–Crippen LogP) is 3.29. The van der Waals surface area contributed by atoms with Crippen LogP contribution in [0, 0.1) is 11.3 Å². The minimum absolute atomic E-state index is 0.0400. The van der Waals surface area contributed by atoms with Gasteiger partial charge in [-0.1, -0.05) is 24.4 Å². The smallest absolute Gasteiger partial charge is 0.310 e. The lowest BCUT2D eigenvalue weighted by Crippen LogP contribution is -2.52. The molecule has 10 nitrogen and oxygen atoms in total. The first-order valence-electron chi connectivity index (χ1n) is 13.9. The number of hydrazine groups is 1. The van der Waals surface area contributed by atoms with Gasteiger partial charge in [-0.15, -0.1) is 0 Å². The summed E-state index contributed by atoms with van der Waals surface area (Å²) in [4.78, 5) is 42.6. The largest absolute Gasteiger partial charge is 0.487 e. The van der Waals surface area contributed by atoms with Gasteiger partial charge in [0.2, 0.25) is 11.8 Å². The fourth-order valence-electron chi connectivity index (χ4n) is 6.40. The zero-order valence-corrected chi connectivity index (χ0v) is 24.1. The number of ether oxygens (including phenoxy) is 1. The molecule has 13 heteroatoms. The number of hydrogen-bond acceptors (Lipinski definition) is 7. The van der Waals surface area contributed by atoms with Crippen molar-refractivity contribution >= 4 is 29.4 Å². The standard InChI is InChI=1S/C28H38ClF2N5O5/c1-28(27(39)40)11-4-3-6-17(28)26(38)36-13-10-16-18(29)8-9-21(41-15-19(32)24(25(30)31)34(2)33)23(16)20(36)14-35-12-5-7-22(35)37/h8-9,17,20,25H,3-7,10-15,32-33H2,1-2H3,(H,39,40)/b24-19-/t17?,20?,28-/m0/s1. The number of rotatable bonds is 9. The van der Waals surface area contributed by atoms with Gasteiger partial charge < -0.3 is 30.4 Å². The zero-order chi connectivity index (χ0) is 30.1. The zero-order valence-electron chi connectivity index (χ0n) is 23.4. The molecule has 5 N–H and O–H groups in total. The minimum Gasteiger partial charge on any atom is -0.487 e. The van der Waals surface area contributed by atoms with Crippen molar-refractivity contribution in [2.45, 2.75) is 64.3 Å². The third-order valence-corrected chi connectivity index (χ3v) is 9.07. The Morgan fingerprint density at radius 1 is 1.24 bits per heavy atom. The van der Waals surface area contributed by atoms with Crippen molar-refractivity contribution in [3.05, 3.63) is 39.7 Å². The second-order valence-electron chi connectivity index (χ2n) is 11.3. The van der Waals surface area contributed by atoms with Crippen molar-refractivity contribution in [2.24, 2.45) is 22.9 Å². The van der Waals surface area contributed by atoms with Crippen LogP contribution in [0.25, 0.3) is 0 Å². The van der Waals surface area contributed by atoms with E-state index in [9.17, 15) is 28.3 Å². The highest BCUT2D eigenvalue weighted by atomic mass is 35.5. The Labute approximate surface area is 243 Å². The fraction of sp³-hybridized carbons (Fsp3) is 0.607. The topological polar surface area (TPSA) is 142 Å². The molecular weight excluding hydrogens is 560 g/mol. The molecule has 226 valence electrons. The van der Waals surface area contributed by atoms with Crippen molar-refractivity contribution in [2.75, 3.05) is 33.3 Å². The summed E-state index contributed by atoms with van der Waals surface area (Å²) < 4.78 is 33.1. The molecular formula is C28H38ClF2N5O5. The number of fused-ring (bicyclic) bond motifs is 1. The first-order chi connectivity index (χ1) is 19.4. The number of carbonyl (C=O) groups excluding carboxylic acids is 2. The van der Waals surface area contributed by atoms with Crippen LogP contribution in [0.15, 0.2) is 23.5 Å². The number of aliphatic carboxylic acids is 1. The Morgan fingerprint density at radius 2 is 1.98 bits per heavy atom. The third kappa shape index (κ3) is 6.08. The van der Waals surface area contributed by atoms with E-state index in [-0.39, 0.29) is 30.6 Å². The second-order valence-corrected chi connectivity index (χ2v) is 11.7. The molecule has 2 unspecified atom stereocenters. The number of carbonyl (C=O) groups is 3. The van der Waals surface area contributed by atoms with Gasteiger partial charge in [0.25, 0.3) is 6.43 Å². The Balaban J connectivity index is 1.75. The lowest BCUT2D eigenvalue weighted by Gasteiger charge is -2.45. The highest BCUT2D eigenvalue weighted by Crippen LogP contribution is 2.46. The second kappa shape index (κ2) is 12.4. The number of carboxylic acid groups (broad SMARTS) is 1. The molecule has 0 aromatic heterocycles. The number of allylic oxidation sites excluding steroid dienone is 1. The van der Waals surface area contributed by atoms with Crippen LogP contribution in [0.4, 0.5) is 8.78 Å². The summed E-state index contributed by atoms with van der Waals surface area (Å²) in [6, 6.07) is 2.55. The molecule has 2 amide bonds. The number of hydrogen-bond donors (Lipinski definition) is 3. The summed E-state index contributed by atoms with van der Waals surface area (Å²) >= 11 is 6.61. The number of halogens is 3. The van der Waals surface area contributed by atoms with E-state index < -0.39 is 42.1 Å². The van der Waals surface area contributed by atoms with Crippen molar-refractivity contribution in [1.29, 1.82) is 0 Å². The first kappa shape index (κ1) is 30.8. The molecule has 2 heterocycles. The maximum atomic E-state index is 14.2. The predicted molar refractivity (Wildman–Crippen MR) is 148 cm³/mol. The lowest BCUT2D eigenvalue weighted by molar-refractivity contribution is -0.162. The molecule has 4 rings (SSSR count). The highest BCUT2D eigenvalue weighted by Gasteiger charge is 2.50. The van der Waals surface area contributed by atoms with Crippen LogP contribution in [0.3, 0.4) is 0 Å². The molecule has 0 radical (unpaired) electrons. The molecule has 3 aliphatic rings. The summed E-state index contributed by atoms with van der Waals surface area (Å²) in [6.07, 6.45) is 0.849. The van der Waals surface area contributed by atoms with Crippen LogP contribution in [-0.4, -0.2) is 77.4 Å². The van der Waals surface area contributed by atoms with E-state index in [1.54, 1.807) is 28.9 Å². The van der Waals surface area contributed by atoms with Gasteiger partial charge in [0.05, 0.1) is 23.1 Å². The van der Waals surface area contributed by atoms with Gasteiger partial charge in [0, 0.05) is 43.7 Å². The molecule has 1 aromatic carbocycles. The molecule has 1 saturated heterocycles. The normalized spacial score (nSPS) is 25.2. The van der Waals surface area contributed by atoms with Gasteiger partial charge in [-0.2, -0.15) is 0 Å². The van der Waals surface area contributed by atoms with Gasteiger partial charge in [-0.05, 0) is 50.3 Å². The Morgan fingerprint density at radius 3 is 2.59 bits per heavy atom. The maximum absolute atomic E-state index is 14.2.